The van der Waals surface area contributed by atoms with Gasteiger partial charge in [0.2, 0.25) is 0 Å². The van der Waals surface area contributed by atoms with Crippen molar-refractivity contribution in [1.82, 2.24) is 14.8 Å². The molecule has 0 aromatic carbocycles. The molecule has 4 nitrogen and oxygen atoms in total. The number of aromatic nitrogens is 3. The maximum atomic E-state index is 12.1. The van der Waals surface area contributed by atoms with Gasteiger partial charge in [0.25, 0.3) is 0 Å². The zero-order chi connectivity index (χ0) is 12.1. The van der Waals surface area contributed by atoms with Crippen LogP contribution in [0.4, 0.5) is 0 Å². The second-order valence-electron chi connectivity index (χ2n) is 4.47. The monoisotopic (exact) mass is 233 g/mol. The van der Waals surface area contributed by atoms with Gasteiger partial charge in [-0.3, -0.25) is 4.79 Å². The van der Waals surface area contributed by atoms with E-state index < -0.39 is 0 Å². The van der Waals surface area contributed by atoms with E-state index in [0.29, 0.717) is 6.42 Å². The first-order chi connectivity index (χ1) is 8.31. The van der Waals surface area contributed by atoms with E-state index in [2.05, 4.69) is 23.1 Å². The van der Waals surface area contributed by atoms with Crippen LogP contribution in [-0.4, -0.2) is 20.5 Å². The molecule has 0 saturated carbocycles. The summed E-state index contributed by atoms with van der Waals surface area (Å²) >= 11 is 0. The highest BCUT2D eigenvalue weighted by molar-refractivity contribution is 5.96. The van der Waals surface area contributed by atoms with E-state index >= 15 is 0 Å². The number of hydrogen-bond donors (Lipinski definition) is 0. The Balaban J connectivity index is 2.02. The Kier molecular flexibility index (Phi) is 4.07. The van der Waals surface area contributed by atoms with Crippen molar-refractivity contribution >= 4 is 5.78 Å². The van der Waals surface area contributed by atoms with Crippen LogP contribution in [0.5, 0.6) is 0 Å². The highest BCUT2D eigenvalue weighted by Gasteiger charge is 2.15. The minimum atomic E-state index is 0.218. The summed E-state index contributed by atoms with van der Waals surface area (Å²) < 4.78 is 1.83. The molecule has 1 heterocycles. The summed E-state index contributed by atoms with van der Waals surface area (Å²) in [4.78, 5) is 16.2. The zero-order valence-electron chi connectivity index (χ0n) is 10.4. The lowest BCUT2D eigenvalue weighted by molar-refractivity contribution is -0.115. The van der Waals surface area contributed by atoms with Gasteiger partial charge in [-0.15, -0.1) is 0 Å². The minimum absolute atomic E-state index is 0.218. The fourth-order valence-corrected chi connectivity index (χ4v) is 2.17. The summed E-state index contributed by atoms with van der Waals surface area (Å²) in [7, 11) is 0. The average Bonchev–Trinajstić information content (AvgIpc) is 2.78. The molecule has 0 saturated heterocycles. The average molecular weight is 233 g/mol. The van der Waals surface area contributed by atoms with Crippen LogP contribution in [0.25, 0.3) is 0 Å². The number of carbonyl (C=O) groups excluding carboxylic acids is 1. The van der Waals surface area contributed by atoms with Crippen molar-refractivity contribution in [3.05, 3.63) is 23.8 Å². The Morgan fingerprint density at radius 1 is 1.47 bits per heavy atom. The number of rotatable bonds is 5. The molecule has 17 heavy (non-hydrogen) atoms. The summed E-state index contributed by atoms with van der Waals surface area (Å²) in [5.74, 6) is 1.01. The molecule has 1 aromatic heterocycles. The number of aryl methyl sites for hydroxylation is 1. The van der Waals surface area contributed by atoms with E-state index in [4.69, 9.17) is 0 Å². The predicted octanol–water partition coefficient (Wildman–Crippen LogP) is 2.30. The molecule has 0 spiro atoms. The third-order valence-corrected chi connectivity index (χ3v) is 3.10. The summed E-state index contributed by atoms with van der Waals surface area (Å²) in [6.07, 6.45) is 9.35. The van der Waals surface area contributed by atoms with Crippen molar-refractivity contribution in [3.63, 3.8) is 0 Å². The van der Waals surface area contributed by atoms with E-state index in [1.807, 2.05) is 4.68 Å². The number of ketones is 1. The van der Waals surface area contributed by atoms with Crippen molar-refractivity contribution < 1.29 is 4.79 Å². The first-order valence-corrected chi connectivity index (χ1v) is 6.40. The number of Topliss-reactive ketones (excluding diaryl/α,β-unsaturated/α-hetero) is 1. The topological polar surface area (TPSA) is 47.8 Å². The molecule has 1 aromatic rings. The smallest absolute Gasteiger partial charge is 0.166 e. The van der Waals surface area contributed by atoms with E-state index in [1.54, 1.807) is 0 Å². The van der Waals surface area contributed by atoms with Crippen LogP contribution in [0.15, 0.2) is 18.0 Å². The second-order valence-corrected chi connectivity index (χ2v) is 4.47. The number of nitrogens with zero attached hydrogens (tertiary/aromatic N) is 3. The third-order valence-electron chi connectivity index (χ3n) is 3.10. The van der Waals surface area contributed by atoms with E-state index in [0.717, 1.165) is 43.6 Å². The summed E-state index contributed by atoms with van der Waals surface area (Å²) in [5, 5.41) is 4.14. The maximum Gasteiger partial charge on any atom is 0.166 e. The van der Waals surface area contributed by atoms with Crippen LogP contribution in [0.3, 0.4) is 0 Å². The van der Waals surface area contributed by atoms with Gasteiger partial charge >= 0.3 is 0 Å². The van der Waals surface area contributed by atoms with Gasteiger partial charge < -0.3 is 0 Å². The first-order valence-electron chi connectivity index (χ1n) is 6.40. The van der Waals surface area contributed by atoms with Gasteiger partial charge in [-0.1, -0.05) is 13.0 Å². The molecule has 0 aliphatic heterocycles. The van der Waals surface area contributed by atoms with Crippen molar-refractivity contribution in [2.75, 3.05) is 0 Å². The van der Waals surface area contributed by atoms with E-state index in [9.17, 15) is 4.79 Å². The Hall–Kier alpha value is -1.45. The molecule has 0 atom stereocenters. The quantitative estimate of drug-likeness (QED) is 0.784. The van der Waals surface area contributed by atoms with Gasteiger partial charge in [-0.2, -0.15) is 5.10 Å². The molecule has 92 valence electrons. The van der Waals surface area contributed by atoms with Crippen molar-refractivity contribution in [2.45, 2.75) is 52.0 Å². The lowest BCUT2D eigenvalue weighted by Gasteiger charge is -2.11. The van der Waals surface area contributed by atoms with Crippen LogP contribution in [0, 0.1) is 0 Å². The van der Waals surface area contributed by atoms with Gasteiger partial charge in [0.15, 0.2) is 5.78 Å². The first kappa shape index (κ1) is 12.0. The number of carbonyl (C=O) groups is 1. The van der Waals surface area contributed by atoms with Crippen molar-refractivity contribution in [3.8, 4) is 0 Å². The predicted molar refractivity (Wildman–Crippen MR) is 65.6 cm³/mol. The van der Waals surface area contributed by atoms with Gasteiger partial charge in [-0.05, 0) is 37.7 Å². The third kappa shape index (κ3) is 3.02. The highest BCUT2D eigenvalue weighted by Crippen LogP contribution is 2.19. The summed E-state index contributed by atoms with van der Waals surface area (Å²) in [6.45, 7) is 2.93. The maximum absolute atomic E-state index is 12.1. The molecule has 0 unspecified atom stereocenters. The van der Waals surface area contributed by atoms with Crippen LogP contribution in [0.2, 0.25) is 0 Å². The Bertz CT molecular complexity index is 420. The van der Waals surface area contributed by atoms with Crippen LogP contribution in [0.1, 0.15) is 44.9 Å². The standard InChI is InChI=1S/C13H19N3O/c1-2-8-16-13(14-10-15-16)9-12(17)11-6-4-3-5-7-11/h6,10H,2-5,7-9H2,1H3. The molecule has 4 heteroatoms. The largest absolute Gasteiger partial charge is 0.294 e. The van der Waals surface area contributed by atoms with Gasteiger partial charge in [0, 0.05) is 6.54 Å². The Labute approximate surface area is 102 Å². The SMILES string of the molecule is CCCn1ncnc1CC(=O)C1=CCCCC1. The summed E-state index contributed by atoms with van der Waals surface area (Å²) in [6, 6.07) is 0. The molecule has 1 aliphatic carbocycles. The van der Waals surface area contributed by atoms with Gasteiger partial charge in [0.1, 0.15) is 12.2 Å². The zero-order valence-corrected chi connectivity index (χ0v) is 10.4. The lowest BCUT2D eigenvalue weighted by atomic mass is 9.95. The second kappa shape index (κ2) is 5.75. The van der Waals surface area contributed by atoms with E-state index in [-0.39, 0.29) is 5.78 Å². The molecule has 2 rings (SSSR count). The molecule has 0 radical (unpaired) electrons. The highest BCUT2D eigenvalue weighted by atomic mass is 16.1. The Morgan fingerprint density at radius 2 is 2.35 bits per heavy atom. The lowest BCUT2D eigenvalue weighted by Crippen LogP contribution is -2.14. The fourth-order valence-electron chi connectivity index (χ4n) is 2.17. The normalized spacial score (nSPS) is 15.7. The molecular weight excluding hydrogens is 214 g/mol. The Morgan fingerprint density at radius 3 is 3.06 bits per heavy atom. The number of allylic oxidation sites excluding steroid dienone is 2. The van der Waals surface area contributed by atoms with Gasteiger partial charge in [-0.25, -0.2) is 9.67 Å². The number of hydrogen-bond acceptors (Lipinski definition) is 3. The van der Waals surface area contributed by atoms with Gasteiger partial charge in [0.05, 0.1) is 6.42 Å². The minimum Gasteiger partial charge on any atom is -0.294 e. The van der Waals surface area contributed by atoms with Crippen LogP contribution >= 0.6 is 0 Å². The molecule has 0 N–H and O–H groups in total. The molecule has 0 bridgehead atoms. The molecular formula is C13H19N3O. The molecule has 0 fully saturated rings. The van der Waals surface area contributed by atoms with Crippen molar-refractivity contribution in [2.24, 2.45) is 0 Å². The fraction of sp³-hybridized carbons (Fsp3) is 0.615. The summed E-state index contributed by atoms with van der Waals surface area (Å²) in [5.41, 5.74) is 0.988. The molecule has 1 aliphatic rings. The van der Waals surface area contributed by atoms with E-state index in [1.165, 1.54) is 12.7 Å². The van der Waals surface area contributed by atoms with Crippen molar-refractivity contribution in [1.29, 1.82) is 0 Å². The van der Waals surface area contributed by atoms with Crippen LogP contribution < -0.4 is 0 Å². The van der Waals surface area contributed by atoms with Crippen LogP contribution in [-0.2, 0) is 17.8 Å². The molecule has 0 amide bonds.